The minimum absolute atomic E-state index is 0.277. The van der Waals surface area contributed by atoms with Gasteiger partial charge in [-0.05, 0) is 37.9 Å². The Labute approximate surface area is 107 Å². The molecule has 1 heterocycles. The molecule has 4 heteroatoms. The molecular formula is C12H20ClNOS. The van der Waals surface area contributed by atoms with Gasteiger partial charge in [-0.3, -0.25) is 0 Å². The van der Waals surface area contributed by atoms with Crippen molar-refractivity contribution >= 4 is 22.9 Å². The summed E-state index contributed by atoms with van der Waals surface area (Å²) in [6, 6.07) is 4.34. The van der Waals surface area contributed by atoms with E-state index >= 15 is 0 Å². The molecule has 0 fully saturated rings. The Hall–Kier alpha value is -0.0900. The van der Waals surface area contributed by atoms with Crippen molar-refractivity contribution in [3.63, 3.8) is 0 Å². The zero-order valence-electron chi connectivity index (χ0n) is 9.87. The Kier molecular flexibility index (Phi) is 6.36. The second kappa shape index (κ2) is 7.28. The van der Waals surface area contributed by atoms with Crippen molar-refractivity contribution < 1.29 is 5.11 Å². The summed E-state index contributed by atoms with van der Waals surface area (Å²) in [6.45, 7) is 5.54. The molecule has 1 rings (SSSR count). The fourth-order valence-corrected chi connectivity index (χ4v) is 2.73. The third-order valence-corrected chi connectivity index (χ3v) is 4.26. The van der Waals surface area contributed by atoms with Crippen LogP contribution in [0.25, 0.3) is 0 Å². The summed E-state index contributed by atoms with van der Waals surface area (Å²) in [4.78, 5) is 1.27. The summed E-state index contributed by atoms with van der Waals surface area (Å²) in [6.07, 6.45) is 1.98. The first kappa shape index (κ1) is 14.0. The SMILES string of the molecule is CCC(CCO)CNC(C)c1ccc(Cl)s1. The fourth-order valence-electron chi connectivity index (χ4n) is 1.64. The molecule has 2 unspecified atom stereocenters. The van der Waals surface area contributed by atoms with Crippen molar-refractivity contribution in [2.45, 2.75) is 32.7 Å². The van der Waals surface area contributed by atoms with Gasteiger partial charge < -0.3 is 10.4 Å². The number of aliphatic hydroxyl groups excluding tert-OH is 1. The highest BCUT2D eigenvalue weighted by Crippen LogP contribution is 2.26. The molecule has 0 radical (unpaired) electrons. The van der Waals surface area contributed by atoms with E-state index in [0.29, 0.717) is 12.0 Å². The second-order valence-electron chi connectivity index (χ2n) is 4.06. The summed E-state index contributed by atoms with van der Waals surface area (Å²) in [7, 11) is 0. The Balaban J connectivity index is 2.36. The maximum absolute atomic E-state index is 8.91. The van der Waals surface area contributed by atoms with E-state index < -0.39 is 0 Å². The lowest BCUT2D eigenvalue weighted by Crippen LogP contribution is -2.25. The van der Waals surface area contributed by atoms with E-state index in [-0.39, 0.29) is 6.61 Å². The molecule has 1 aromatic rings. The second-order valence-corrected chi connectivity index (χ2v) is 5.81. The minimum atomic E-state index is 0.277. The fraction of sp³-hybridized carbons (Fsp3) is 0.667. The highest BCUT2D eigenvalue weighted by atomic mass is 35.5. The molecule has 0 bridgehead atoms. The predicted molar refractivity (Wildman–Crippen MR) is 71.2 cm³/mol. The number of nitrogens with one attached hydrogen (secondary N) is 1. The van der Waals surface area contributed by atoms with Crippen LogP contribution < -0.4 is 5.32 Å². The van der Waals surface area contributed by atoms with Crippen molar-refractivity contribution in [1.29, 1.82) is 0 Å². The van der Waals surface area contributed by atoms with Gasteiger partial charge in [-0.2, -0.15) is 0 Å². The molecule has 0 aromatic carbocycles. The van der Waals surface area contributed by atoms with Crippen LogP contribution in [0.2, 0.25) is 4.34 Å². The summed E-state index contributed by atoms with van der Waals surface area (Å²) in [5.74, 6) is 0.558. The number of aliphatic hydroxyl groups is 1. The Morgan fingerprint density at radius 1 is 1.50 bits per heavy atom. The van der Waals surface area contributed by atoms with Crippen LogP contribution in [-0.4, -0.2) is 18.3 Å². The average Bonchev–Trinajstić information content (AvgIpc) is 2.70. The van der Waals surface area contributed by atoms with Gasteiger partial charge in [0.1, 0.15) is 0 Å². The van der Waals surface area contributed by atoms with E-state index in [9.17, 15) is 0 Å². The van der Waals surface area contributed by atoms with Gasteiger partial charge >= 0.3 is 0 Å². The lowest BCUT2D eigenvalue weighted by Gasteiger charge is -2.18. The van der Waals surface area contributed by atoms with Gasteiger partial charge in [-0.15, -0.1) is 11.3 Å². The zero-order valence-corrected chi connectivity index (χ0v) is 11.4. The normalized spacial score (nSPS) is 15.0. The van der Waals surface area contributed by atoms with Gasteiger partial charge in [-0.1, -0.05) is 24.9 Å². The number of hydrogen-bond acceptors (Lipinski definition) is 3. The van der Waals surface area contributed by atoms with Crippen LogP contribution in [-0.2, 0) is 0 Å². The molecule has 2 N–H and O–H groups in total. The summed E-state index contributed by atoms with van der Waals surface area (Å²) >= 11 is 7.52. The van der Waals surface area contributed by atoms with E-state index in [1.807, 2.05) is 6.07 Å². The first-order valence-corrected chi connectivity index (χ1v) is 6.96. The Morgan fingerprint density at radius 3 is 2.75 bits per heavy atom. The minimum Gasteiger partial charge on any atom is -0.396 e. The third-order valence-electron chi connectivity index (χ3n) is 2.85. The van der Waals surface area contributed by atoms with Crippen molar-refractivity contribution in [3.05, 3.63) is 21.3 Å². The molecule has 0 saturated carbocycles. The maximum Gasteiger partial charge on any atom is 0.0931 e. The average molecular weight is 262 g/mol. The van der Waals surface area contributed by atoms with Crippen LogP contribution in [0.1, 0.15) is 37.6 Å². The highest BCUT2D eigenvalue weighted by molar-refractivity contribution is 7.16. The Morgan fingerprint density at radius 2 is 2.25 bits per heavy atom. The molecule has 2 nitrogen and oxygen atoms in total. The third kappa shape index (κ3) is 4.42. The summed E-state index contributed by atoms with van der Waals surface area (Å²) in [5, 5.41) is 12.4. The zero-order chi connectivity index (χ0) is 12.0. The molecule has 16 heavy (non-hydrogen) atoms. The van der Waals surface area contributed by atoms with E-state index in [2.05, 4.69) is 25.2 Å². The number of thiophene rings is 1. The first-order chi connectivity index (χ1) is 7.67. The van der Waals surface area contributed by atoms with Crippen molar-refractivity contribution in [2.75, 3.05) is 13.2 Å². The molecule has 0 saturated heterocycles. The molecule has 2 atom stereocenters. The lowest BCUT2D eigenvalue weighted by molar-refractivity contribution is 0.249. The lowest BCUT2D eigenvalue weighted by atomic mass is 10.0. The molecule has 0 aliphatic rings. The van der Waals surface area contributed by atoms with Crippen molar-refractivity contribution in [2.24, 2.45) is 5.92 Å². The van der Waals surface area contributed by atoms with Gasteiger partial charge in [0.2, 0.25) is 0 Å². The van der Waals surface area contributed by atoms with Gasteiger partial charge in [0, 0.05) is 17.5 Å². The predicted octanol–water partition coefficient (Wildman–Crippen LogP) is 3.46. The van der Waals surface area contributed by atoms with Crippen molar-refractivity contribution in [3.8, 4) is 0 Å². The molecule has 0 spiro atoms. The van der Waals surface area contributed by atoms with Gasteiger partial charge in [0.25, 0.3) is 0 Å². The van der Waals surface area contributed by atoms with Crippen LogP contribution in [0.5, 0.6) is 0 Å². The molecule has 0 aliphatic heterocycles. The standard InChI is InChI=1S/C12H20ClNOS/c1-3-10(6-7-15)8-14-9(2)11-4-5-12(13)16-11/h4-5,9-10,14-15H,3,6-8H2,1-2H3. The monoisotopic (exact) mass is 261 g/mol. The Bertz CT molecular complexity index is 303. The van der Waals surface area contributed by atoms with E-state index in [0.717, 1.165) is 23.7 Å². The van der Waals surface area contributed by atoms with Gasteiger partial charge in [-0.25, -0.2) is 0 Å². The molecular weight excluding hydrogens is 242 g/mol. The van der Waals surface area contributed by atoms with Crippen LogP contribution in [0.15, 0.2) is 12.1 Å². The molecule has 1 aromatic heterocycles. The smallest absolute Gasteiger partial charge is 0.0931 e. The molecule has 0 amide bonds. The number of rotatable bonds is 7. The van der Waals surface area contributed by atoms with Gasteiger partial charge in [0.05, 0.1) is 4.34 Å². The largest absolute Gasteiger partial charge is 0.396 e. The van der Waals surface area contributed by atoms with Crippen LogP contribution in [0.4, 0.5) is 0 Å². The summed E-state index contributed by atoms with van der Waals surface area (Å²) in [5.41, 5.74) is 0. The van der Waals surface area contributed by atoms with Gasteiger partial charge in [0.15, 0.2) is 0 Å². The van der Waals surface area contributed by atoms with E-state index in [1.54, 1.807) is 11.3 Å². The quantitative estimate of drug-likeness (QED) is 0.788. The van der Waals surface area contributed by atoms with Crippen LogP contribution in [0.3, 0.4) is 0 Å². The number of halogens is 1. The highest BCUT2D eigenvalue weighted by Gasteiger charge is 2.10. The molecule has 0 aliphatic carbocycles. The number of hydrogen-bond donors (Lipinski definition) is 2. The van der Waals surface area contributed by atoms with Crippen LogP contribution in [0, 0.1) is 5.92 Å². The maximum atomic E-state index is 8.91. The molecule has 92 valence electrons. The van der Waals surface area contributed by atoms with E-state index in [1.165, 1.54) is 4.88 Å². The summed E-state index contributed by atoms with van der Waals surface area (Å²) < 4.78 is 0.839. The van der Waals surface area contributed by atoms with E-state index in [4.69, 9.17) is 16.7 Å². The topological polar surface area (TPSA) is 32.3 Å². The van der Waals surface area contributed by atoms with Crippen LogP contribution >= 0.6 is 22.9 Å². The van der Waals surface area contributed by atoms with Crippen molar-refractivity contribution in [1.82, 2.24) is 5.32 Å². The first-order valence-electron chi connectivity index (χ1n) is 5.76.